The molecule has 1 aromatic carbocycles. The predicted octanol–water partition coefficient (Wildman–Crippen LogP) is 2.22. The maximum absolute atomic E-state index is 12.2. The van der Waals surface area contributed by atoms with Crippen molar-refractivity contribution >= 4 is 16.0 Å². The topological polar surface area (TPSA) is 73.8 Å². The molecular formula is C20H32N4O2S. The fraction of sp³-hybridized carbons (Fsp3) is 0.650. The average Bonchev–Trinajstić information content (AvgIpc) is 3.41. The van der Waals surface area contributed by atoms with Gasteiger partial charge in [-0.25, -0.2) is 12.7 Å². The lowest BCUT2D eigenvalue weighted by Crippen LogP contribution is -2.50. The number of aryl methyl sites for hydroxylation is 1. The van der Waals surface area contributed by atoms with Crippen molar-refractivity contribution in [3.05, 3.63) is 35.4 Å². The second-order valence-corrected chi connectivity index (χ2v) is 9.74. The molecule has 27 heavy (non-hydrogen) atoms. The van der Waals surface area contributed by atoms with Gasteiger partial charge in [-0.1, -0.05) is 31.2 Å². The predicted molar refractivity (Wildman–Crippen MR) is 111 cm³/mol. The molecule has 6 nitrogen and oxygen atoms in total. The summed E-state index contributed by atoms with van der Waals surface area (Å²) in [4.78, 5) is 4.37. The maximum atomic E-state index is 12.2. The van der Waals surface area contributed by atoms with Crippen LogP contribution >= 0.6 is 0 Å². The van der Waals surface area contributed by atoms with Crippen LogP contribution < -0.4 is 10.6 Å². The Hall–Kier alpha value is -1.60. The van der Waals surface area contributed by atoms with E-state index in [0.29, 0.717) is 31.5 Å². The van der Waals surface area contributed by atoms with E-state index >= 15 is 0 Å². The number of guanidine groups is 1. The van der Waals surface area contributed by atoms with Crippen LogP contribution in [0.15, 0.2) is 29.3 Å². The van der Waals surface area contributed by atoms with E-state index < -0.39 is 10.0 Å². The zero-order valence-electron chi connectivity index (χ0n) is 16.6. The van der Waals surface area contributed by atoms with Gasteiger partial charge < -0.3 is 10.6 Å². The number of nitrogens with zero attached hydrogens (tertiary/aromatic N) is 2. The number of rotatable bonds is 6. The summed E-state index contributed by atoms with van der Waals surface area (Å²) in [5, 5.41) is 7.02. The van der Waals surface area contributed by atoms with Gasteiger partial charge in [0.2, 0.25) is 10.0 Å². The third-order valence-electron chi connectivity index (χ3n) is 5.57. The first-order valence-electron chi connectivity index (χ1n) is 9.97. The van der Waals surface area contributed by atoms with Crippen molar-refractivity contribution in [1.29, 1.82) is 0 Å². The minimum atomic E-state index is -3.08. The van der Waals surface area contributed by atoms with Crippen molar-refractivity contribution in [2.24, 2.45) is 4.99 Å². The van der Waals surface area contributed by atoms with E-state index in [1.54, 1.807) is 11.4 Å². The molecule has 1 heterocycles. The third kappa shape index (κ3) is 5.02. The van der Waals surface area contributed by atoms with Crippen LogP contribution in [0.5, 0.6) is 0 Å². The van der Waals surface area contributed by atoms with Crippen LogP contribution in [-0.4, -0.2) is 56.7 Å². The molecule has 0 aromatic heterocycles. The molecule has 0 bridgehead atoms. The van der Waals surface area contributed by atoms with Gasteiger partial charge in [-0.3, -0.25) is 4.99 Å². The van der Waals surface area contributed by atoms with Crippen LogP contribution in [0.2, 0.25) is 0 Å². The summed E-state index contributed by atoms with van der Waals surface area (Å²) in [5.74, 6) is 1.62. The SMILES string of the molecule is CCCS(=O)(=O)N1CCC(NC(=NC)NC2CC2c2ccccc2C)CC1. The van der Waals surface area contributed by atoms with Crippen molar-refractivity contribution in [2.45, 2.75) is 57.5 Å². The van der Waals surface area contributed by atoms with Gasteiger partial charge in [0.25, 0.3) is 0 Å². The highest BCUT2D eigenvalue weighted by atomic mass is 32.2. The Kier molecular flexibility index (Phi) is 6.42. The van der Waals surface area contributed by atoms with Crippen molar-refractivity contribution in [1.82, 2.24) is 14.9 Å². The number of hydrogen-bond donors (Lipinski definition) is 2. The molecule has 3 rings (SSSR count). The maximum Gasteiger partial charge on any atom is 0.214 e. The van der Waals surface area contributed by atoms with Crippen LogP contribution in [0, 0.1) is 6.92 Å². The molecule has 1 saturated heterocycles. The van der Waals surface area contributed by atoms with Crippen LogP contribution in [0.3, 0.4) is 0 Å². The molecule has 1 saturated carbocycles. The van der Waals surface area contributed by atoms with E-state index in [4.69, 9.17) is 0 Å². The van der Waals surface area contributed by atoms with E-state index in [9.17, 15) is 8.42 Å². The molecule has 150 valence electrons. The van der Waals surface area contributed by atoms with Crippen molar-refractivity contribution in [2.75, 3.05) is 25.9 Å². The fourth-order valence-electron chi connectivity index (χ4n) is 3.91. The van der Waals surface area contributed by atoms with Crippen molar-refractivity contribution in [3.63, 3.8) is 0 Å². The van der Waals surface area contributed by atoms with E-state index in [0.717, 1.165) is 25.2 Å². The summed E-state index contributed by atoms with van der Waals surface area (Å²) in [6.07, 6.45) is 3.42. The molecule has 2 fully saturated rings. The highest BCUT2D eigenvalue weighted by Gasteiger charge is 2.40. The van der Waals surface area contributed by atoms with E-state index in [1.807, 2.05) is 6.92 Å². The lowest BCUT2D eigenvalue weighted by atomic mass is 10.0. The van der Waals surface area contributed by atoms with Gasteiger partial charge in [-0.2, -0.15) is 0 Å². The van der Waals surface area contributed by atoms with Gasteiger partial charge in [-0.05, 0) is 43.7 Å². The molecule has 1 aliphatic heterocycles. The van der Waals surface area contributed by atoms with E-state index in [1.165, 1.54) is 11.1 Å². The minimum Gasteiger partial charge on any atom is -0.354 e. The van der Waals surface area contributed by atoms with Gasteiger partial charge in [0.15, 0.2) is 5.96 Å². The Bertz CT molecular complexity index is 770. The Labute approximate surface area is 163 Å². The average molecular weight is 393 g/mol. The molecule has 2 unspecified atom stereocenters. The molecule has 0 radical (unpaired) electrons. The summed E-state index contributed by atoms with van der Waals surface area (Å²) in [6.45, 7) is 5.25. The molecular weight excluding hydrogens is 360 g/mol. The summed E-state index contributed by atoms with van der Waals surface area (Å²) in [5.41, 5.74) is 2.76. The molecule has 0 spiro atoms. The van der Waals surface area contributed by atoms with Gasteiger partial charge >= 0.3 is 0 Å². The smallest absolute Gasteiger partial charge is 0.214 e. The molecule has 1 aromatic rings. The third-order valence-corrected chi connectivity index (χ3v) is 7.65. The first-order chi connectivity index (χ1) is 12.9. The summed E-state index contributed by atoms with van der Waals surface area (Å²) in [6, 6.07) is 9.24. The van der Waals surface area contributed by atoms with Crippen LogP contribution in [0.4, 0.5) is 0 Å². The number of benzene rings is 1. The van der Waals surface area contributed by atoms with Crippen LogP contribution in [-0.2, 0) is 10.0 Å². The van der Waals surface area contributed by atoms with Gasteiger partial charge in [-0.15, -0.1) is 0 Å². The minimum absolute atomic E-state index is 0.246. The standard InChI is InChI=1S/C20H32N4O2S/c1-4-13-27(25,26)24-11-9-16(10-12-24)22-20(21-3)23-19-14-18(19)17-8-6-5-7-15(17)2/h5-8,16,18-19H,4,9-14H2,1-3H3,(H2,21,22,23). The number of nitrogens with one attached hydrogen (secondary N) is 2. The molecule has 2 aliphatic rings. The van der Waals surface area contributed by atoms with Crippen molar-refractivity contribution < 1.29 is 8.42 Å². The Balaban J connectivity index is 1.48. The first kappa shape index (κ1) is 20.1. The summed E-state index contributed by atoms with van der Waals surface area (Å²) >= 11 is 0. The number of piperidine rings is 1. The van der Waals surface area contributed by atoms with Gasteiger partial charge in [0.05, 0.1) is 5.75 Å². The summed E-state index contributed by atoms with van der Waals surface area (Å²) < 4.78 is 26.0. The van der Waals surface area contributed by atoms with Gasteiger partial charge in [0.1, 0.15) is 0 Å². The zero-order valence-corrected chi connectivity index (χ0v) is 17.4. The number of aliphatic imine (C=N–C) groups is 1. The van der Waals surface area contributed by atoms with Crippen LogP contribution in [0.25, 0.3) is 0 Å². The second kappa shape index (κ2) is 8.61. The van der Waals surface area contributed by atoms with E-state index in [-0.39, 0.29) is 11.8 Å². The highest BCUT2D eigenvalue weighted by molar-refractivity contribution is 7.89. The summed E-state index contributed by atoms with van der Waals surface area (Å²) in [7, 11) is -1.29. The monoisotopic (exact) mass is 392 g/mol. The second-order valence-electron chi connectivity index (χ2n) is 7.66. The normalized spacial score (nSPS) is 24.6. The lowest BCUT2D eigenvalue weighted by Gasteiger charge is -2.32. The lowest BCUT2D eigenvalue weighted by molar-refractivity contribution is 0.306. The van der Waals surface area contributed by atoms with E-state index in [2.05, 4.69) is 46.8 Å². The molecule has 0 amide bonds. The Morgan fingerprint density at radius 2 is 1.93 bits per heavy atom. The van der Waals surface area contributed by atoms with Crippen molar-refractivity contribution in [3.8, 4) is 0 Å². The molecule has 1 aliphatic carbocycles. The largest absolute Gasteiger partial charge is 0.354 e. The zero-order chi connectivity index (χ0) is 19.4. The Morgan fingerprint density at radius 1 is 1.22 bits per heavy atom. The quantitative estimate of drug-likeness (QED) is 0.575. The highest BCUT2D eigenvalue weighted by Crippen LogP contribution is 2.42. The molecule has 2 N–H and O–H groups in total. The fourth-order valence-corrected chi connectivity index (χ4v) is 5.45. The number of sulfonamides is 1. The van der Waals surface area contributed by atoms with Crippen LogP contribution in [0.1, 0.15) is 49.7 Å². The first-order valence-corrected chi connectivity index (χ1v) is 11.6. The molecule has 7 heteroatoms. The van der Waals surface area contributed by atoms with Gasteiger partial charge in [0, 0.05) is 38.1 Å². The Morgan fingerprint density at radius 3 is 2.56 bits per heavy atom. The number of hydrogen-bond acceptors (Lipinski definition) is 3. The molecule has 2 atom stereocenters.